The smallest absolute Gasteiger partial charge is 0.258 e. The molecule has 3 aromatic carbocycles. The number of carbonyl (C=O) groups excluding carboxylic acids is 1. The zero-order valence-electron chi connectivity index (χ0n) is 17.5. The number of aryl methyl sites for hydroxylation is 1. The number of nitrogens with one attached hydrogen (secondary N) is 1. The molecule has 1 N–H and O–H groups in total. The van der Waals surface area contributed by atoms with Gasteiger partial charge in [0.1, 0.15) is 11.9 Å². The van der Waals surface area contributed by atoms with E-state index >= 15 is 0 Å². The van der Waals surface area contributed by atoms with Crippen molar-refractivity contribution in [3.05, 3.63) is 95.6 Å². The molecule has 0 aliphatic carbocycles. The Balaban J connectivity index is 1.47. The number of amides is 1. The Hall–Kier alpha value is -3.27. The fourth-order valence-corrected chi connectivity index (χ4v) is 3.93. The van der Waals surface area contributed by atoms with Crippen LogP contribution in [-0.2, 0) is 6.42 Å². The second kappa shape index (κ2) is 9.04. The molecule has 30 heavy (non-hydrogen) atoms. The maximum absolute atomic E-state index is 13.1. The average Bonchev–Trinajstić information content (AvgIpc) is 2.77. The van der Waals surface area contributed by atoms with Crippen LogP contribution in [0.3, 0.4) is 0 Å². The SMILES string of the molecule is CC(C)N1C(=O)c2ccccc2NC1c1cccc(OCCCc2ccccc2)c1. The van der Waals surface area contributed by atoms with E-state index < -0.39 is 0 Å². The van der Waals surface area contributed by atoms with Crippen LogP contribution in [0.1, 0.15) is 47.9 Å². The van der Waals surface area contributed by atoms with Crippen LogP contribution in [0.4, 0.5) is 5.69 Å². The Morgan fingerprint density at radius 3 is 2.53 bits per heavy atom. The maximum atomic E-state index is 13.1. The summed E-state index contributed by atoms with van der Waals surface area (Å²) in [4.78, 5) is 15.0. The van der Waals surface area contributed by atoms with Gasteiger partial charge >= 0.3 is 0 Å². The molecular formula is C26H28N2O2. The van der Waals surface area contributed by atoms with Crippen LogP contribution in [0.2, 0.25) is 0 Å². The lowest BCUT2D eigenvalue weighted by molar-refractivity contribution is 0.0616. The molecule has 3 aromatic rings. The number of benzene rings is 3. The van der Waals surface area contributed by atoms with Crippen molar-refractivity contribution in [2.45, 2.75) is 38.9 Å². The molecule has 0 bridgehead atoms. The highest BCUT2D eigenvalue weighted by atomic mass is 16.5. The van der Waals surface area contributed by atoms with Gasteiger partial charge in [-0.15, -0.1) is 0 Å². The van der Waals surface area contributed by atoms with E-state index in [2.05, 4.69) is 29.6 Å². The lowest BCUT2D eigenvalue weighted by atomic mass is 10.0. The Labute approximate surface area is 178 Å². The van der Waals surface area contributed by atoms with Crippen LogP contribution >= 0.6 is 0 Å². The minimum absolute atomic E-state index is 0.0542. The van der Waals surface area contributed by atoms with Crippen molar-refractivity contribution in [3.8, 4) is 5.75 Å². The molecule has 1 unspecified atom stereocenters. The third-order valence-electron chi connectivity index (χ3n) is 5.41. The van der Waals surface area contributed by atoms with Crippen molar-refractivity contribution >= 4 is 11.6 Å². The quantitative estimate of drug-likeness (QED) is 0.519. The number of rotatable bonds is 7. The first-order valence-electron chi connectivity index (χ1n) is 10.6. The average molecular weight is 401 g/mol. The standard InChI is InChI=1S/C26H28N2O2/c1-19(2)28-25(27-24-16-7-6-15-23(24)26(28)29)21-13-8-14-22(18-21)30-17-9-12-20-10-4-3-5-11-20/h3-8,10-11,13-16,18-19,25,27H,9,12,17H2,1-2H3. The van der Waals surface area contributed by atoms with Gasteiger partial charge in [0.25, 0.3) is 5.91 Å². The van der Waals surface area contributed by atoms with E-state index in [9.17, 15) is 4.79 Å². The van der Waals surface area contributed by atoms with Crippen molar-refractivity contribution in [1.29, 1.82) is 0 Å². The topological polar surface area (TPSA) is 41.6 Å². The molecule has 0 radical (unpaired) electrons. The van der Waals surface area contributed by atoms with Crippen molar-refractivity contribution in [2.24, 2.45) is 0 Å². The molecule has 0 saturated heterocycles. The van der Waals surface area contributed by atoms with Gasteiger partial charge in [-0.25, -0.2) is 0 Å². The van der Waals surface area contributed by atoms with E-state index in [1.165, 1.54) is 5.56 Å². The van der Waals surface area contributed by atoms with E-state index in [-0.39, 0.29) is 18.1 Å². The van der Waals surface area contributed by atoms with Gasteiger partial charge in [0, 0.05) is 11.7 Å². The summed E-state index contributed by atoms with van der Waals surface area (Å²) in [7, 11) is 0. The Kier molecular flexibility index (Phi) is 6.03. The summed E-state index contributed by atoms with van der Waals surface area (Å²) >= 11 is 0. The van der Waals surface area contributed by atoms with Crippen LogP contribution in [-0.4, -0.2) is 23.5 Å². The van der Waals surface area contributed by atoms with E-state index in [0.29, 0.717) is 6.61 Å². The molecule has 1 atom stereocenters. The fourth-order valence-electron chi connectivity index (χ4n) is 3.93. The van der Waals surface area contributed by atoms with Crippen molar-refractivity contribution in [2.75, 3.05) is 11.9 Å². The van der Waals surface area contributed by atoms with Gasteiger partial charge in [-0.3, -0.25) is 4.79 Å². The van der Waals surface area contributed by atoms with Crippen LogP contribution in [0.25, 0.3) is 0 Å². The molecule has 1 amide bonds. The summed E-state index contributed by atoms with van der Waals surface area (Å²) in [6, 6.07) is 26.3. The van der Waals surface area contributed by atoms with Crippen LogP contribution < -0.4 is 10.1 Å². The number of ether oxygens (including phenoxy) is 1. The summed E-state index contributed by atoms with van der Waals surface area (Å²) in [5.41, 5.74) is 3.94. The third-order valence-corrected chi connectivity index (χ3v) is 5.41. The zero-order valence-corrected chi connectivity index (χ0v) is 17.5. The highest BCUT2D eigenvalue weighted by molar-refractivity contribution is 6.01. The summed E-state index contributed by atoms with van der Waals surface area (Å²) in [5, 5.41) is 3.54. The lowest BCUT2D eigenvalue weighted by Crippen LogP contribution is -2.46. The van der Waals surface area contributed by atoms with Gasteiger partial charge in [0.05, 0.1) is 12.2 Å². The molecule has 1 heterocycles. The number of hydrogen-bond acceptors (Lipinski definition) is 3. The van der Waals surface area contributed by atoms with Gasteiger partial charge < -0.3 is 15.0 Å². The van der Waals surface area contributed by atoms with Gasteiger partial charge in [-0.1, -0.05) is 54.6 Å². The van der Waals surface area contributed by atoms with Gasteiger partial charge in [-0.05, 0) is 62.1 Å². The molecule has 154 valence electrons. The number of carbonyl (C=O) groups is 1. The van der Waals surface area contributed by atoms with Crippen molar-refractivity contribution in [3.63, 3.8) is 0 Å². The van der Waals surface area contributed by atoms with Crippen LogP contribution in [0.15, 0.2) is 78.9 Å². The second-order valence-electron chi connectivity index (χ2n) is 7.91. The maximum Gasteiger partial charge on any atom is 0.258 e. The minimum atomic E-state index is -0.222. The Bertz CT molecular complexity index is 1000. The molecule has 4 rings (SSSR count). The molecule has 0 saturated carbocycles. The summed E-state index contributed by atoms with van der Waals surface area (Å²) in [6.45, 7) is 4.75. The third kappa shape index (κ3) is 4.33. The fraction of sp³-hybridized carbons (Fsp3) is 0.269. The van der Waals surface area contributed by atoms with E-state index in [1.54, 1.807) is 0 Å². The van der Waals surface area contributed by atoms with Gasteiger partial charge in [-0.2, -0.15) is 0 Å². The number of fused-ring (bicyclic) bond motifs is 1. The number of anilines is 1. The van der Waals surface area contributed by atoms with Gasteiger partial charge in [0.15, 0.2) is 0 Å². The normalized spacial score (nSPS) is 15.6. The Morgan fingerprint density at radius 2 is 1.73 bits per heavy atom. The Morgan fingerprint density at radius 1 is 0.967 bits per heavy atom. The number of hydrogen-bond donors (Lipinski definition) is 1. The van der Waals surface area contributed by atoms with Crippen LogP contribution in [0, 0.1) is 0 Å². The highest BCUT2D eigenvalue weighted by Gasteiger charge is 2.34. The summed E-state index contributed by atoms with van der Waals surface area (Å²) in [6.07, 6.45) is 1.73. The molecule has 0 spiro atoms. The zero-order chi connectivity index (χ0) is 20.9. The van der Waals surface area contributed by atoms with E-state index in [0.717, 1.165) is 35.4 Å². The number of nitrogens with zero attached hydrogens (tertiary/aromatic N) is 1. The van der Waals surface area contributed by atoms with E-state index in [4.69, 9.17) is 4.74 Å². The summed E-state index contributed by atoms with van der Waals surface area (Å²) in [5.74, 6) is 0.885. The monoisotopic (exact) mass is 400 g/mol. The number of para-hydroxylation sites is 1. The highest BCUT2D eigenvalue weighted by Crippen LogP contribution is 2.35. The molecular weight excluding hydrogens is 372 g/mol. The molecule has 0 aromatic heterocycles. The predicted molar refractivity (Wildman–Crippen MR) is 121 cm³/mol. The molecule has 1 aliphatic rings. The molecule has 4 heteroatoms. The second-order valence-corrected chi connectivity index (χ2v) is 7.91. The largest absolute Gasteiger partial charge is 0.494 e. The van der Waals surface area contributed by atoms with E-state index in [1.807, 2.05) is 73.3 Å². The predicted octanol–water partition coefficient (Wildman–Crippen LogP) is 5.67. The van der Waals surface area contributed by atoms with Crippen LogP contribution in [0.5, 0.6) is 5.75 Å². The molecule has 4 nitrogen and oxygen atoms in total. The lowest BCUT2D eigenvalue weighted by Gasteiger charge is -2.40. The molecule has 1 aliphatic heterocycles. The molecule has 0 fully saturated rings. The first-order valence-corrected chi connectivity index (χ1v) is 10.6. The first kappa shape index (κ1) is 20.0. The van der Waals surface area contributed by atoms with Crippen molar-refractivity contribution < 1.29 is 9.53 Å². The first-order chi connectivity index (χ1) is 14.6. The summed E-state index contributed by atoms with van der Waals surface area (Å²) < 4.78 is 6.02. The van der Waals surface area contributed by atoms with Gasteiger partial charge in [0.2, 0.25) is 0 Å². The minimum Gasteiger partial charge on any atom is -0.494 e. The van der Waals surface area contributed by atoms with Crippen molar-refractivity contribution in [1.82, 2.24) is 4.90 Å².